The molecule has 0 fully saturated rings. The van der Waals surface area contributed by atoms with Crippen LogP contribution in [-0.2, 0) is 6.61 Å². The van der Waals surface area contributed by atoms with E-state index in [1.54, 1.807) is 72.8 Å². The third-order valence-corrected chi connectivity index (χ3v) is 9.08. The fraction of sp³-hybridized carbons (Fsp3) is 0.0625. The number of carboxylic acids is 1. The number of hydrogen-bond donors (Lipinski definition) is 1. The number of hydrogen-bond acceptors (Lipinski definition) is 7. The standard InChI is InChI=1S/C32H20Br2ClN3O6/c1-42-25-14-20(27(33)28(34)29(25)43-16-17-5-4-6-18(11-17)32(40)41)15-36-38-30(37-23-8-3-2-7-22(23)31(38)39)26-13-19-12-21(35)9-10-24(19)44-26/h2-15H,16H2,1H3,(H,40,41). The summed E-state index contributed by atoms with van der Waals surface area (Å²) in [4.78, 5) is 29.7. The number of para-hydroxylation sites is 1. The minimum Gasteiger partial charge on any atom is -0.493 e. The number of furan rings is 1. The topological polar surface area (TPSA) is 116 Å². The van der Waals surface area contributed by atoms with Crippen LogP contribution in [0.25, 0.3) is 33.5 Å². The first-order valence-electron chi connectivity index (χ1n) is 13.0. The molecule has 0 unspecified atom stereocenters. The Morgan fingerprint density at radius 2 is 1.89 bits per heavy atom. The van der Waals surface area contributed by atoms with Gasteiger partial charge in [-0.3, -0.25) is 4.79 Å². The Balaban J connectivity index is 1.40. The zero-order chi connectivity index (χ0) is 31.0. The van der Waals surface area contributed by atoms with E-state index < -0.39 is 5.97 Å². The Morgan fingerprint density at radius 3 is 2.68 bits per heavy atom. The summed E-state index contributed by atoms with van der Waals surface area (Å²) < 4.78 is 20.0. The highest BCUT2D eigenvalue weighted by Gasteiger charge is 2.19. The molecule has 6 rings (SSSR count). The van der Waals surface area contributed by atoms with Crippen molar-refractivity contribution in [3.63, 3.8) is 0 Å². The number of ether oxygens (including phenoxy) is 2. The Kier molecular flexibility index (Phi) is 8.26. The van der Waals surface area contributed by atoms with Crippen LogP contribution in [0.4, 0.5) is 0 Å². The SMILES string of the molecule is COc1cc(C=Nn2c(-c3cc4cc(Cl)ccc4o3)nc3ccccc3c2=O)c(Br)c(Br)c1OCc1cccc(C(=O)O)c1. The Morgan fingerprint density at radius 1 is 1.07 bits per heavy atom. The van der Waals surface area contributed by atoms with Gasteiger partial charge in [-0.1, -0.05) is 35.9 Å². The molecule has 12 heteroatoms. The molecule has 0 saturated carbocycles. The highest BCUT2D eigenvalue weighted by molar-refractivity contribution is 9.13. The summed E-state index contributed by atoms with van der Waals surface area (Å²) in [6.07, 6.45) is 1.50. The Hall–Kier alpha value is -4.45. The molecule has 6 aromatic rings. The molecule has 44 heavy (non-hydrogen) atoms. The minimum atomic E-state index is -1.02. The molecule has 0 aliphatic heterocycles. The lowest BCUT2D eigenvalue weighted by atomic mass is 10.1. The molecule has 0 spiro atoms. The molecule has 0 radical (unpaired) electrons. The smallest absolute Gasteiger partial charge is 0.335 e. The van der Waals surface area contributed by atoms with Gasteiger partial charge in [0.2, 0.25) is 5.82 Å². The first kappa shape index (κ1) is 29.6. The van der Waals surface area contributed by atoms with Crippen LogP contribution in [0.1, 0.15) is 21.5 Å². The third-order valence-electron chi connectivity index (χ3n) is 6.70. The zero-order valence-electron chi connectivity index (χ0n) is 22.8. The Labute approximate surface area is 271 Å². The van der Waals surface area contributed by atoms with Crippen LogP contribution in [0.2, 0.25) is 5.02 Å². The predicted octanol–water partition coefficient (Wildman–Crippen LogP) is 8.16. The van der Waals surface area contributed by atoms with Gasteiger partial charge < -0.3 is 19.0 Å². The maximum atomic E-state index is 13.7. The molecule has 9 nitrogen and oxygen atoms in total. The van der Waals surface area contributed by atoms with Crippen molar-refractivity contribution in [1.82, 2.24) is 9.66 Å². The summed E-state index contributed by atoms with van der Waals surface area (Å²) >= 11 is 13.3. The van der Waals surface area contributed by atoms with Crippen molar-refractivity contribution in [3.05, 3.63) is 120 Å². The predicted molar refractivity (Wildman–Crippen MR) is 175 cm³/mol. The van der Waals surface area contributed by atoms with Crippen LogP contribution in [-0.4, -0.2) is 34.1 Å². The average Bonchev–Trinajstić information content (AvgIpc) is 3.45. The summed E-state index contributed by atoms with van der Waals surface area (Å²) in [7, 11) is 1.50. The van der Waals surface area contributed by atoms with Crippen LogP contribution in [0.3, 0.4) is 0 Å². The van der Waals surface area contributed by atoms with Crippen LogP contribution in [0.5, 0.6) is 11.5 Å². The fourth-order valence-electron chi connectivity index (χ4n) is 4.57. The van der Waals surface area contributed by atoms with Gasteiger partial charge in [-0.25, -0.2) is 9.78 Å². The lowest BCUT2D eigenvalue weighted by Crippen LogP contribution is -2.20. The number of methoxy groups -OCH3 is 1. The number of nitrogens with zero attached hydrogens (tertiary/aromatic N) is 3. The molecular formula is C32H20Br2ClN3O6. The molecule has 220 valence electrons. The van der Waals surface area contributed by atoms with Gasteiger partial charge in [0.05, 0.1) is 34.3 Å². The first-order chi connectivity index (χ1) is 21.2. The summed E-state index contributed by atoms with van der Waals surface area (Å²) in [5.74, 6) is 0.307. The second-order valence-corrected chi connectivity index (χ2v) is 11.5. The summed E-state index contributed by atoms with van der Waals surface area (Å²) in [6, 6.07) is 22.2. The maximum absolute atomic E-state index is 13.7. The van der Waals surface area contributed by atoms with Crippen molar-refractivity contribution in [1.29, 1.82) is 0 Å². The number of halogens is 3. The molecule has 1 N–H and O–H groups in total. The minimum absolute atomic E-state index is 0.0974. The lowest BCUT2D eigenvalue weighted by molar-refractivity contribution is 0.0696. The van der Waals surface area contributed by atoms with Gasteiger partial charge in [0.15, 0.2) is 17.3 Å². The molecule has 0 amide bonds. The number of fused-ring (bicyclic) bond motifs is 2. The fourth-order valence-corrected chi connectivity index (χ4v) is 5.69. The molecular weight excluding hydrogens is 718 g/mol. The second kappa shape index (κ2) is 12.3. The van der Waals surface area contributed by atoms with E-state index in [9.17, 15) is 14.7 Å². The third kappa shape index (κ3) is 5.73. The van der Waals surface area contributed by atoms with Crippen molar-refractivity contribution in [3.8, 4) is 23.1 Å². The van der Waals surface area contributed by atoms with E-state index in [1.807, 2.05) is 0 Å². The number of rotatable bonds is 8. The van der Waals surface area contributed by atoms with Crippen molar-refractivity contribution >= 4 is 77.5 Å². The van der Waals surface area contributed by atoms with Crippen molar-refractivity contribution in [2.24, 2.45) is 5.10 Å². The number of carbonyl (C=O) groups is 1. The molecule has 0 atom stereocenters. The number of benzene rings is 4. The number of aromatic carboxylic acids is 1. The number of carboxylic acid groups (broad SMARTS) is 1. The van der Waals surface area contributed by atoms with Crippen molar-refractivity contribution in [2.45, 2.75) is 6.61 Å². The van der Waals surface area contributed by atoms with Gasteiger partial charge in [0, 0.05) is 20.4 Å². The molecule has 0 aliphatic rings. The molecule has 0 aliphatic carbocycles. The van der Waals surface area contributed by atoms with E-state index in [4.69, 9.17) is 30.5 Å². The lowest BCUT2D eigenvalue weighted by Gasteiger charge is -2.15. The van der Waals surface area contributed by atoms with E-state index in [0.717, 1.165) is 5.39 Å². The van der Waals surface area contributed by atoms with E-state index >= 15 is 0 Å². The van der Waals surface area contributed by atoms with Gasteiger partial charge in [-0.05, 0) is 92.0 Å². The van der Waals surface area contributed by atoms with Crippen LogP contribution < -0.4 is 15.0 Å². The van der Waals surface area contributed by atoms with Crippen LogP contribution in [0.15, 0.2) is 102 Å². The molecule has 2 heterocycles. The maximum Gasteiger partial charge on any atom is 0.335 e. The molecule has 0 bridgehead atoms. The van der Waals surface area contributed by atoms with Gasteiger partial charge >= 0.3 is 5.97 Å². The quantitative estimate of drug-likeness (QED) is 0.157. The van der Waals surface area contributed by atoms with E-state index in [0.29, 0.717) is 58.8 Å². The van der Waals surface area contributed by atoms with Crippen molar-refractivity contribution in [2.75, 3.05) is 7.11 Å². The van der Waals surface area contributed by atoms with Gasteiger partial charge in [-0.2, -0.15) is 9.78 Å². The first-order valence-corrected chi connectivity index (χ1v) is 15.0. The van der Waals surface area contributed by atoms with E-state index in [1.165, 1.54) is 24.1 Å². The number of aromatic nitrogens is 2. The highest BCUT2D eigenvalue weighted by atomic mass is 79.9. The van der Waals surface area contributed by atoms with Gasteiger partial charge in [0.1, 0.15) is 12.2 Å². The van der Waals surface area contributed by atoms with Crippen LogP contribution in [0, 0.1) is 0 Å². The molecule has 0 saturated heterocycles. The average molecular weight is 738 g/mol. The van der Waals surface area contributed by atoms with Gasteiger partial charge in [-0.15, -0.1) is 0 Å². The van der Waals surface area contributed by atoms with E-state index in [2.05, 4.69) is 37.0 Å². The second-order valence-electron chi connectivity index (χ2n) is 9.53. The monoisotopic (exact) mass is 735 g/mol. The van der Waals surface area contributed by atoms with Crippen LogP contribution >= 0.6 is 43.5 Å². The zero-order valence-corrected chi connectivity index (χ0v) is 26.7. The summed E-state index contributed by atoms with van der Waals surface area (Å²) in [6.45, 7) is 0.0974. The normalized spacial score (nSPS) is 11.5. The Bertz CT molecular complexity index is 2180. The molecule has 2 aromatic heterocycles. The summed E-state index contributed by atoms with van der Waals surface area (Å²) in [5.41, 5.74) is 2.10. The van der Waals surface area contributed by atoms with Crippen molar-refractivity contribution < 1.29 is 23.8 Å². The summed E-state index contributed by atoms with van der Waals surface area (Å²) in [5, 5.41) is 15.5. The van der Waals surface area contributed by atoms with Gasteiger partial charge in [0.25, 0.3) is 5.56 Å². The molecule has 4 aromatic carbocycles. The highest BCUT2D eigenvalue weighted by Crippen LogP contribution is 2.42. The van der Waals surface area contributed by atoms with E-state index in [-0.39, 0.29) is 23.6 Å². The largest absolute Gasteiger partial charge is 0.493 e.